The van der Waals surface area contributed by atoms with Gasteiger partial charge in [-0.3, -0.25) is 0 Å². The topological polar surface area (TPSA) is 67.6 Å². The van der Waals surface area contributed by atoms with Gasteiger partial charge in [-0.2, -0.15) is 0 Å². The van der Waals surface area contributed by atoms with Crippen LogP contribution in [0, 0.1) is 13.8 Å². The monoisotopic (exact) mass is 396 g/mol. The van der Waals surface area contributed by atoms with Crippen molar-refractivity contribution in [2.75, 3.05) is 19.7 Å². The lowest BCUT2D eigenvalue weighted by molar-refractivity contribution is -0.00857. The number of hydrogen-bond donors (Lipinski definition) is 1. The minimum absolute atomic E-state index is 0.0672. The molecule has 4 rings (SSSR count). The number of morpholine rings is 1. The van der Waals surface area contributed by atoms with E-state index in [0.29, 0.717) is 19.2 Å². The number of nitrogens with zero attached hydrogens (tertiary/aromatic N) is 5. The van der Waals surface area contributed by atoms with Crippen molar-refractivity contribution in [1.29, 1.82) is 0 Å². The summed E-state index contributed by atoms with van der Waals surface area (Å²) in [5.41, 5.74) is 2.54. The Morgan fingerprint density at radius 1 is 1.21 bits per heavy atom. The molecule has 1 saturated heterocycles. The van der Waals surface area contributed by atoms with Crippen molar-refractivity contribution in [2.24, 2.45) is 12.0 Å². The first-order valence-electron chi connectivity index (χ1n) is 10.7. The van der Waals surface area contributed by atoms with Crippen LogP contribution >= 0.6 is 0 Å². The zero-order valence-corrected chi connectivity index (χ0v) is 17.8. The van der Waals surface area contributed by atoms with Gasteiger partial charge in [0.05, 0.1) is 13.2 Å². The van der Waals surface area contributed by atoms with Gasteiger partial charge in [0.2, 0.25) is 0 Å². The Kier molecular flexibility index (Phi) is 6.13. The van der Waals surface area contributed by atoms with E-state index < -0.39 is 0 Å². The summed E-state index contributed by atoms with van der Waals surface area (Å²) in [6, 6.07) is 9.01. The van der Waals surface area contributed by atoms with E-state index in [-0.39, 0.29) is 6.10 Å². The molecule has 2 heterocycles. The van der Waals surface area contributed by atoms with E-state index in [1.54, 1.807) is 0 Å². The molecule has 0 radical (unpaired) electrons. The van der Waals surface area contributed by atoms with Gasteiger partial charge < -0.3 is 19.5 Å². The average Bonchev–Trinajstić information content (AvgIpc) is 3.36. The van der Waals surface area contributed by atoms with Crippen molar-refractivity contribution in [1.82, 2.24) is 25.0 Å². The van der Waals surface area contributed by atoms with Crippen molar-refractivity contribution >= 4 is 5.96 Å². The summed E-state index contributed by atoms with van der Waals surface area (Å²) in [5, 5.41) is 12.2. The highest BCUT2D eigenvalue weighted by Crippen LogP contribution is 2.25. The van der Waals surface area contributed by atoms with Crippen LogP contribution in [0.15, 0.2) is 29.3 Å². The van der Waals surface area contributed by atoms with Gasteiger partial charge in [0.15, 0.2) is 11.8 Å². The number of guanidine groups is 1. The van der Waals surface area contributed by atoms with Crippen molar-refractivity contribution in [2.45, 2.75) is 58.2 Å². The second-order valence-electron chi connectivity index (χ2n) is 8.15. The summed E-state index contributed by atoms with van der Waals surface area (Å²) in [6.07, 6.45) is 5.09. The Morgan fingerprint density at radius 3 is 2.72 bits per heavy atom. The fraction of sp³-hybridized carbons (Fsp3) is 0.591. The van der Waals surface area contributed by atoms with Crippen molar-refractivity contribution in [3.63, 3.8) is 0 Å². The van der Waals surface area contributed by atoms with Crippen LogP contribution in [-0.4, -0.2) is 51.4 Å². The minimum Gasteiger partial charge on any atom is -0.370 e. The van der Waals surface area contributed by atoms with E-state index in [0.717, 1.165) is 30.7 Å². The van der Waals surface area contributed by atoms with E-state index in [1.165, 1.54) is 36.8 Å². The largest absolute Gasteiger partial charge is 0.370 e. The summed E-state index contributed by atoms with van der Waals surface area (Å²) in [4.78, 5) is 7.31. The third-order valence-electron chi connectivity index (χ3n) is 6.14. The SMILES string of the molecule is Cc1ccccc1C1CN(C(=NCc2nnc(C)n2C)NC2CCCC2)CCO1. The smallest absolute Gasteiger partial charge is 0.194 e. The molecular formula is C22H32N6O. The molecule has 1 atom stereocenters. The predicted molar refractivity (Wildman–Crippen MR) is 114 cm³/mol. The number of ether oxygens (including phenoxy) is 1. The quantitative estimate of drug-likeness (QED) is 0.636. The van der Waals surface area contributed by atoms with E-state index >= 15 is 0 Å². The van der Waals surface area contributed by atoms with Gasteiger partial charge >= 0.3 is 0 Å². The van der Waals surface area contributed by atoms with Gasteiger partial charge in [-0.1, -0.05) is 37.1 Å². The number of benzene rings is 1. The number of aromatic nitrogens is 3. The maximum atomic E-state index is 6.13. The summed E-state index contributed by atoms with van der Waals surface area (Å²) in [7, 11) is 1.99. The predicted octanol–water partition coefficient (Wildman–Crippen LogP) is 2.89. The van der Waals surface area contributed by atoms with E-state index in [4.69, 9.17) is 9.73 Å². The molecule has 156 valence electrons. The van der Waals surface area contributed by atoms with Crippen LogP contribution < -0.4 is 5.32 Å². The molecule has 1 aliphatic carbocycles. The third kappa shape index (κ3) is 4.61. The average molecular weight is 397 g/mol. The third-order valence-corrected chi connectivity index (χ3v) is 6.14. The van der Waals surface area contributed by atoms with Crippen LogP contribution in [0.2, 0.25) is 0 Å². The molecule has 1 aromatic carbocycles. The lowest BCUT2D eigenvalue weighted by Gasteiger charge is -2.36. The number of aryl methyl sites for hydroxylation is 2. The van der Waals surface area contributed by atoms with E-state index in [1.807, 2.05) is 18.5 Å². The van der Waals surface area contributed by atoms with Crippen LogP contribution in [0.1, 0.15) is 54.6 Å². The Labute approximate surface area is 173 Å². The first-order chi connectivity index (χ1) is 14.1. The Bertz CT molecular complexity index is 855. The molecule has 7 heteroatoms. The molecule has 1 aliphatic heterocycles. The highest BCUT2D eigenvalue weighted by molar-refractivity contribution is 5.80. The zero-order valence-electron chi connectivity index (χ0n) is 17.8. The second-order valence-corrected chi connectivity index (χ2v) is 8.15. The van der Waals surface area contributed by atoms with E-state index in [9.17, 15) is 0 Å². The molecule has 0 bridgehead atoms. The summed E-state index contributed by atoms with van der Waals surface area (Å²) in [5.74, 6) is 2.77. The molecule has 1 N–H and O–H groups in total. The van der Waals surface area contributed by atoms with Crippen LogP contribution in [0.4, 0.5) is 0 Å². The second kappa shape index (κ2) is 8.95. The molecule has 2 fully saturated rings. The van der Waals surface area contributed by atoms with E-state index in [2.05, 4.69) is 51.6 Å². The molecule has 1 unspecified atom stereocenters. The number of rotatable bonds is 4. The lowest BCUT2D eigenvalue weighted by Crippen LogP contribution is -2.50. The lowest BCUT2D eigenvalue weighted by atomic mass is 10.0. The van der Waals surface area contributed by atoms with Gasteiger partial charge in [0, 0.05) is 19.6 Å². The molecule has 0 spiro atoms. The highest BCUT2D eigenvalue weighted by Gasteiger charge is 2.27. The Balaban J connectivity index is 1.53. The van der Waals surface area contributed by atoms with Crippen LogP contribution in [0.25, 0.3) is 0 Å². The molecule has 1 saturated carbocycles. The highest BCUT2D eigenvalue weighted by atomic mass is 16.5. The maximum absolute atomic E-state index is 6.13. The number of nitrogens with one attached hydrogen (secondary N) is 1. The summed E-state index contributed by atoms with van der Waals surface area (Å²) in [6.45, 7) is 7.00. The maximum Gasteiger partial charge on any atom is 0.194 e. The number of aliphatic imine (C=N–C) groups is 1. The first-order valence-corrected chi connectivity index (χ1v) is 10.7. The van der Waals surface area contributed by atoms with Gasteiger partial charge in [-0.05, 0) is 37.8 Å². The molecule has 29 heavy (non-hydrogen) atoms. The van der Waals surface area contributed by atoms with Crippen molar-refractivity contribution in [3.8, 4) is 0 Å². The summed E-state index contributed by atoms with van der Waals surface area (Å²) < 4.78 is 8.14. The molecule has 0 amide bonds. The Morgan fingerprint density at radius 2 is 2.00 bits per heavy atom. The normalized spacial score (nSPS) is 21.0. The minimum atomic E-state index is 0.0672. The summed E-state index contributed by atoms with van der Waals surface area (Å²) >= 11 is 0. The zero-order chi connectivity index (χ0) is 20.2. The standard InChI is InChI=1S/C22H32N6O/c1-16-8-4-7-11-19(16)20-15-28(12-13-29-20)22(24-18-9-5-6-10-18)23-14-21-26-25-17(2)27(21)3/h4,7-8,11,18,20H,5-6,9-10,12-15H2,1-3H3,(H,23,24). The molecule has 1 aromatic heterocycles. The molecule has 2 aromatic rings. The fourth-order valence-corrected chi connectivity index (χ4v) is 4.20. The molecule has 7 nitrogen and oxygen atoms in total. The first kappa shape index (κ1) is 19.9. The van der Waals surface area contributed by atoms with Gasteiger partial charge in [-0.15, -0.1) is 10.2 Å². The van der Waals surface area contributed by atoms with Gasteiger partial charge in [0.1, 0.15) is 18.5 Å². The van der Waals surface area contributed by atoms with Gasteiger partial charge in [0.25, 0.3) is 0 Å². The molecule has 2 aliphatic rings. The number of hydrogen-bond acceptors (Lipinski definition) is 4. The Hall–Kier alpha value is -2.41. The fourth-order valence-electron chi connectivity index (χ4n) is 4.20. The van der Waals surface area contributed by atoms with Crippen LogP contribution in [0.5, 0.6) is 0 Å². The van der Waals surface area contributed by atoms with Crippen LogP contribution in [0.3, 0.4) is 0 Å². The van der Waals surface area contributed by atoms with Gasteiger partial charge in [-0.25, -0.2) is 4.99 Å². The molecular weight excluding hydrogens is 364 g/mol. The van der Waals surface area contributed by atoms with Crippen LogP contribution in [-0.2, 0) is 18.3 Å². The van der Waals surface area contributed by atoms with Crippen molar-refractivity contribution < 1.29 is 4.74 Å². The van der Waals surface area contributed by atoms with Crippen molar-refractivity contribution in [3.05, 3.63) is 47.0 Å².